The van der Waals surface area contributed by atoms with Gasteiger partial charge in [-0.15, -0.1) is 0 Å². The second-order valence-corrected chi connectivity index (χ2v) is 5.87. The van der Waals surface area contributed by atoms with E-state index in [0.717, 1.165) is 6.42 Å². The number of halogens is 3. The Morgan fingerprint density at radius 3 is 2.84 bits per heavy atom. The Labute approximate surface area is 125 Å². The van der Waals surface area contributed by atoms with E-state index in [1.807, 2.05) is 0 Å². The Bertz CT molecular complexity index is 412. The lowest BCUT2D eigenvalue weighted by atomic mass is 9.91. The van der Waals surface area contributed by atoms with E-state index in [2.05, 4.69) is 15.9 Å². The smallest absolute Gasteiger partial charge is 0.174 e. The van der Waals surface area contributed by atoms with Crippen LogP contribution in [0.15, 0.2) is 18.2 Å². The fraction of sp³-hybridized carbons (Fsp3) is 0.538. The SMILES string of the molecule is COCCOC1C(Br)CC1Oc1c(F)cccc1Cl. The normalized spacial score (nSPS) is 26.0. The molecule has 106 valence electrons. The molecule has 6 heteroatoms. The number of ether oxygens (including phenoxy) is 3. The average Bonchev–Trinajstić information content (AvgIpc) is 2.37. The van der Waals surface area contributed by atoms with Crippen molar-refractivity contribution < 1.29 is 18.6 Å². The minimum Gasteiger partial charge on any atom is -0.483 e. The van der Waals surface area contributed by atoms with Crippen molar-refractivity contribution in [2.75, 3.05) is 20.3 Å². The van der Waals surface area contributed by atoms with Crippen molar-refractivity contribution in [3.8, 4) is 5.75 Å². The lowest BCUT2D eigenvalue weighted by Gasteiger charge is -2.41. The van der Waals surface area contributed by atoms with Crippen LogP contribution in [0.5, 0.6) is 5.75 Å². The highest BCUT2D eigenvalue weighted by atomic mass is 79.9. The third-order valence-electron chi connectivity index (χ3n) is 2.97. The van der Waals surface area contributed by atoms with Crippen LogP contribution in [0, 0.1) is 5.82 Å². The zero-order valence-electron chi connectivity index (χ0n) is 10.4. The van der Waals surface area contributed by atoms with Gasteiger partial charge in [0, 0.05) is 18.4 Å². The third kappa shape index (κ3) is 3.60. The second kappa shape index (κ2) is 6.88. The quantitative estimate of drug-likeness (QED) is 0.579. The van der Waals surface area contributed by atoms with E-state index in [1.54, 1.807) is 19.2 Å². The van der Waals surface area contributed by atoms with Gasteiger partial charge in [0.2, 0.25) is 0 Å². The minimum atomic E-state index is -0.457. The fourth-order valence-electron chi connectivity index (χ4n) is 1.87. The summed E-state index contributed by atoms with van der Waals surface area (Å²) in [5.41, 5.74) is 0. The molecule has 1 fully saturated rings. The van der Waals surface area contributed by atoms with E-state index in [-0.39, 0.29) is 27.8 Å². The predicted molar refractivity (Wildman–Crippen MR) is 74.8 cm³/mol. The van der Waals surface area contributed by atoms with E-state index in [1.165, 1.54) is 6.07 Å². The number of rotatable bonds is 6. The van der Waals surface area contributed by atoms with Crippen molar-refractivity contribution in [2.24, 2.45) is 0 Å². The van der Waals surface area contributed by atoms with Crippen molar-refractivity contribution in [1.82, 2.24) is 0 Å². The van der Waals surface area contributed by atoms with E-state index in [0.29, 0.717) is 13.2 Å². The minimum absolute atomic E-state index is 0.0916. The van der Waals surface area contributed by atoms with Gasteiger partial charge < -0.3 is 14.2 Å². The molecule has 3 unspecified atom stereocenters. The Hall–Kier alpha value is -0.360. The Balaban J connectivity index is 1.95. The molecule has 0 radical (unpaired) electrons. The predicted octanol–water partition coefficient (Wildman–Crippen LogP) is 3.43. The van der Waals surface area contributed by atoms with Gasteiger partial charge >= 0.3 is 0 Å². The molecule has 0 spiro atoms. The third-order valence-corrected chi connectivity index (χ3v) is 4.16. The van der Waals surface area contributed by atoms with Crippen molar-refractivity contribution in [2.45, 2.75) is 23.5 Å². The van der Waals surface area contributed by atoms with Crippen LogP contribution in [-0.2, 0) is 9.47 Å². The standard InChI is InChI=1S/C13H15BrClFO3/c1-17-5-6-18-12-8(14)7-11(12)19-13-9(15)3-2-4-10(13)16/h2-4,8,11-12H,5-7H2,1H3. The summed E-state index contributed by atoms with van der Waals surface area (Å²) in [7, 11) is 1.61. The Morgan fingerprint density at radius 2 is 2.21 bits per heavy atom. The first-order chi connectivity index (χ1) is 9.13. The highest BCUT2D eigenvalue weighted by molar-refractivity contribution is 9.09. The molecule has 3 nitrogen and oxygen atoms in total. The highest BCUT2D eigenvalue weighted by Gasteiger charge is 2.43. The highest BCUT2D eigenvalue weighted by Crippen LogP contribution is 2.37. The molecule has 3 atom stereocenters. The van der Waals surface area contributed by atoms with Gasteiger partial charge in [0.15, 0.2) is 11.6 Å². The molecule has 1 aromatic carbocycles. The van der Waals surface area contributed by atoms with Gasteiger partial charge in [-0.05, 0) is 12.1 Å². The van der Waals surface area contributed by atoms with Crippen LogP contribution in [0.2, 0.25) is 5.02 Å². The van der Waals surface area contributed by atoms with Crippen LogP contribution in [0.4, 0.5) is 4.39 Å². The van der Waals surface area contributed by atoms with Crippen LogP contribution in [0.3, 0.4) is 0 Å². The molecule has 1 aliphatic carbocycles. The molecule has 2 rings (SSSR count). The topological polar surface area (TPSA) is 27.7 Å². The van der Waals surface area contributed by atoms with Gasteiger partial charge in [-0.2, -0.15) is 0 Å². The molecule has 1 saturated carbocycles. The van der Waals surface area contributed by atoms with Gasteiger partial charge in [0.25, 0.3) is 0 Å². The summed E-state index contributed by atoms with van der Waals surface area (Å²) >= 11 is 9.42. The van der Waals surface area contributed by atoms with E-state index in [9.17, 15) is 4.39 Å². The van der Waals surface area contributed by atoms with Gasteiger partial charge in [0.1, 0.15) is 12.2 Å². The van der Waals surface area contributed by atoms with Gasteiger partial charge in [-0.1, -0.05) is 33.6 Å². The second-order valence-electron chi connectivity index (χ2n) is 4.29. The maximum absolute atomic E-state index is 13.6. The van der Waals surface area contributed by atoms with E-state index >= 15 is 0 Å². The van der Waals surface area contributed by atoms with E-state index < -0.39 is 5.82 Å². The number of hydrogen-bond donors (Lipinski definition) is 0. The van der Waals surface area contributed by atoms with Gasteiger partial charge in [-0.3, -0.25) is 0 Å². The molecular weight excluding hydrogens is 338 g/mol. The van der Waals surface area contributed by atoms with Crippen LogP contribution in [0.25, 0.3) is 0 Å². The van der Waals surface area contributed by atoms with Crippen LogP contribution in [-0.4, -0.2) is 37.4 Å². The van der Waals surface area contributed by atoms with Crippen LogP contribution in [0.1, 0.15) is 6.42 Å². The molecule has 0 saturated heterocycles. The lowest BCUT2D eigenvalue weighted by molar-refractivity contribution is -0.0874. The maximum Gasteiger partial charge on any atom is 0.174 e. The summed E-state index contributed by atoms with van der Waals surface area (Å²) < 4.78 is 29.8. The molecule has 0 heterocycles. The van der Waals surface area contributed by atoms with Crippen LogP contribution < -0.4 is 4.74 Å². The number of alkyl halides is 1. The summed E-state index contributed by atoms with van der Waals surface area (Å²) in [4.78, 5) is 0.208. The molecule has 0 aliphatic heterocycles. The zero-order chi connectivity index (χ0) is 13.8. The largest absolute Gasteiger partial charge is 0.483 e. The molecule has 1 aromatic rings. The van der Waals surface area contributed by atoms with Gasteiger partial charge in [0.05, 0.1) is 18.2 Å². The number of para-hydroxylation sites is 1. The van der Waals surface area contributed by atoms with Crippen molar-refractivity contribution in [3.63, 3.8) is 0 Å². The molecule has 0 bridgehead atoms. The van der Waals surface area contributed by atoms with Crippen LogP contribution >= 0.6 is 27.5 Å². The molecule has 1 aliphatic rings. The zero-order valence-corrected chi connectivity index (χ0v) is 12.8. The first kappa shape index (κ1) is 15.0. The first-order valence-electron chi connectivity index (χ1n) is 5.98. The summed E-state index contributed by atoms with van der Waals surface area (Å²) in [5.74, 6) is -0.366. The molecule has 19 heavy (non-hydrogen) atoms. The monoisotopic (exact) mass is 352 g/mol. The summed E-state index contributed by atoms with van der Waals surface area (Å²) in [5, 5.41) is 0.272. The van der Waals surface area contributed by atoms with Crippen molar-refractivity contribution in [1.29, 1.82) is 0 Å². The molecule has 0 N–H and O–H groups in total. The average molecular weight is 354 g/mol. The Morgan fingerprint density at radius 1 is 1.42 bits per heavy atom. The fourth-order valence-corrected chi connectivity index (χ4v) is 2.94. The molecular formula is C13H15BrClFO3. The molecule has 0 aromatic heterocycles. The number of methoxy groups -OCH3 is 1. The first-order valence-corrected chi connectivity index (χ1v) is 7.28. The van der Waals surface area contributed by atoms with Crippen molar-refractivity contribution in [3.05, 3.63) is 29.0 Å². The van der Waals surface area contributed by atoms with E-state index in [4.69, 9.17) is 25.8 Å². The number of benzene rings is 1. The van der Waals surface area contributed by atoms with Gasteiger partial charge in [-0.25, -0.2) is 4.39 Å². The lowest BCUT2D eigenvalue weighted by Crippen LogP contribution is -2.52. The number of hydrogen-bond acceptors (Lipinski definition) is 3. The van der Waals surface area contributed by atoms with Crippen molar-refractivity contribution >= 4 is 27.5 Å². The Kier molecular flexibility index (Phi) is 5.45. The summed E-state index contributed by atoms with van der Waals surface area (Å²) in [6.07, 6.45) is 0.434. The summed E-state index contributed by atoms with van der Waals surface area (Å²) in [6, 6.07) is 4.47. The summed E-state index contributed by atoms with van der Waals surface area (Å²) in [6.45, 7) is 0.998. The maximum atomic E-state index is 13.6. The molecule has 0 amide bonds.